The first-order valence-electron chi connectivity index (χ1n) is 4.85. The Hall–Kier alpha value is 0.180. The van der Waals surface area contributed by atoms with Crippen LogP contribution in [0.5, 0.6) is 0 Å². The maximum absolute atomic E-state index is 5.41. The zero-order chi connectivity index (χ0) is 10.6. The molecule has 0 aliphatic heterocycles. The van der Waals surface area contributed by atoms with Crippen LogP contribution in [0.4, 0.5) is 0 Å². The molecule has 0 saturated carbocycles. The highest BCUT2D eigenvalue weighted by molar-refractivity contribution is 8.70. The Labute approximate surface area is 96.6 Å². The van der Waals surface area contributed by atoms with Gasteiger partial charge in [0.05, 0.1) is 6.61 Å². The maximum Gasteiger partial charge on any atom is 0.0575 e. The van der Waals surface area contributed by atoms with Crippen LogP contribution in [0.3, 0.4) is 0 Å². The van der Waals surface area contributed by atoms with Gasteiger partial charge in [-0.15, -0.1) is 0 Å². The molecule has 0 aliphatic carbocycles. The second-order valence-electron chi connectivity index (χ2n) is 2.98. The van der Waals surface area contributed by atoms with Crippen LogP contribution >= 0.6 is 22.5 Å². The van der Waals surface area contributed by atoms with Crippen molar-refractivity contribution in [2.24, 2.45) is 0 Å². The number of hydrogen-bond acceptors (Lipinski definition) is 4. The van der Waals surface area contributed by atoms with Crippen LogP contribution in [-0.2, 0) is 4.74 Å². The zero-order valence-corrected chi connectivity index (χ0v) is 10.7. The third kappa shape index (κ3) is 10.3. The largest absolute Gasteiger partial charge is 0.380 e. The topological polar surface area (TPSA) is 12.5 Å². The summed E-state index contributed by atoms with van der Waals surface area (Å²) in [7, 11) is 3.37. The molecule has 0 amide bonds. The van der Waals surface area contributed by atoms with Gasteiger partial charge in [-0.3, -0.25) is 0 Å². The average Bonchev–Trinajstić information content (AvgIpc) is 2.21. The number of hydrogen-bond donors (Lipinski definition) is 1. The van der Waals surface area contributed by atoms with E-state index in [4.69, 9.17) is 4.74 Å². The number of thiol groups is 1. The van der Waals surface area contributed by atoms with Crippen molar-refractivity contribution in [2.45, 2.75) is 19.8 Å². The Balaban J connectivity index is 3.06. The molecule has 14 heavy (non-hydrogen) atoms. The van der Waals surface area contributed by atoms with Gasteiger partial charge in [0.15, 0.2) is 0 Å². The van der Waals surface area contributed by atoms with Crippen molar-refractivity contribution in [2.75, 3.05) is 33.4 Å². The van der Waals surface area contributed by atoms with Crippen molar-refractivity contribution in [3.8, 4) is 11.2 Å². The second kappa shape index (κ2) is 11.3. The van der Waals surface area contributed by atoms with Crippen molar-refractivity contribution >= 4 is 22.5 Å². The summed E-state index contributed by atoms with van der Waals surface area (Å²) in [6.07, 6.45) is 1.90. The van der Waals surface area contributed by atoms with Crippen molar-refractivity contribution in [3.63, 3.8) is 0 Å². The first-order valence-corrected chi connectivity index (χ1v) is 6.72. The minimum absolute atomic E-state index is 0.733. The molecule has 0 atom stereocenters. The van der Waals surface area contributed by atoms with E-state index < -0.39 is 0 Å². The average molecular weight is 233 g/mol. The Morgan fingerprint density at radius 3 is 2.86 bits per heavy atom. The predicted octanol–water partition coefficient (Wildman–Crippen LogP) is 2.27. The lowest BCUT2D eigenvalue weighted by Crippen LogP contribution is -2.20. The molecule has 0 N–H and O–H groups in total. The van der Waals surface area contributed by atoms with E-state index in [0.29, 0.717) is 0 Å². The maximum atomic E-state index is 5.41. The summed E-state index contributed by atoms with van der Waals surface area (Å²) < 4.78 is 5.41. The second-order valence-corrected chi connectivity index (χ2v) is 3.92. The molecular weight excluding hydrogens is 214 g/mol. The molecule has 0 aromatic heterocycles. The molecular formula is C10H19NOS2. The van der Waals surface area contributed by atoms with Gasteiger partial charge >= 0.3 is 0 Å². The quantitative estimate of drug-likeness (QED) is 0.314. The Morgan fingerprint density at radius 2 is 2.21 bits per heavy atom. The normalized spacial score (nSPS) is 10.0. The molecule has 0 aromatic carbocycles. The first-order chi connectivity index (χ1) is 6.81. The van der Waals surface area contributed by atoms with E-state index in [9.17, 15) is 0 Å². The highest BCUT2D eigenvalue weighted by atomic mass is 33.1. The molecule has 2 nitrogen and oxygen atoms in total. The summed E-state index contributed by atoms with van der Waals surface area (Å²) in [5.41, 5.74) is 0. The van der Waals surface area contributed by atoms with Gasteiger partial charge in [-0.1, -0.05) is 24.5 Å². The number of rotatable bonds is 7. The highest BCUT2D eigenvalue weighted by Crippen LogP contribution is 1.99. The van der Waals surface area contributed by atoms with E-state index in [1.807, 2.05) is 0 Å². The van der Waals surface area contributed by atoms with Crippen molar-refractivity contribution in [1.82, 2.24) is 4.90 Å². The summed E-state index contributed by atoms with van der Waals surface area (Å²) in [6.45, 7) is 5.93. The summed E-state index contributed by atoms with van der Waals surface area (Å²) in [5, 5.41) is 2.81. The molecule has 4 heteroatoms. The number of nitrogens with zero attached hydrogens (tertiary/aromatic N) is 1. The molecule has 0 unspecified atom stereocenters. The standard InChI is InChI=1S/C10H19NOS2/c1-3-11(2)7-6-9-12-8-4-5-10-14-13/h13H,3-4,6-9H2,1-2H3. The molecule has 0 radical (unpaired) electrons. The van der Waals surface area contributed by atoms with Gasteiger partial charge in [0.25, 0.3) is 0 Å². The summed E-state index contributed by atoms with van der Waals surface area (Å²) in [5.74, 6) is 2.95. The van der Waals surface area contributed by atoms with E-state index in [-0.39, 0.29) is 0 Å². The first kappa shape index (κ1) is 14.2. The van der Waals surface area contributed by atoms with E-state index in [1.165, 1.54) is 10.8 Å². The van der Waals surface area contributed by atoms with Gasteiger partial charge < -0.3 is 9.64 Å². The minimum atomic E-state index is 0.733. The molecule has 0 aliphatic rings. The third-order valence-electron chi connectivity index (χ3n) is 1.86. The fraction of sp³-hybridized carbons (Fsp3) is 0.800. The molecule has 0 fully saturated rings. The lowest BCUT2D eigenvalue weighted by molar-refractivity contribution is 0.129. The van der Waals surface area contributed by atoms with Crippen LogP contribution < -0.4 is 0 Å². The molecule has 82 valence electrons. The molecule has 0 rings (SSSR count). The van der Waals surface area contributed by atoms with Gasteiger partial charge in [-0.25, -0.2) is 0 Å². The Kier molecular flexibility index (Phi) is 11.4. The highest BCUT2D eigenvalue weighted by Gasteiger charge is 1.93. The van der Waals surface area contributed by atoms with Gasteiger partial charge in [0, 0.05) is 19.6 Å². The minimum Gasteiger partial charge on any atom is -0.380 e. The van der Waals surface area contributed by atoms with E-state index in [0.717, 1.165) is 39.1 Å². The number of ether oxygens (including phenoxy) is 1. The smallest absolute Gasteiger partial charge is 0.0575 e. The van der Waals surface area contributed by atoms with E-state index in [2.05, 4.69) is 41.7 Å². The van der Waals surface area contributed by atoms with Crippen LogP contribution in [0.15, 0.2) is 0 Å². The van der Waals surface area contributed by atoms with Crippen LogP contribution in [0, 0.1) is 11.2 Å². The summed E-state index contributed by atoms with van der Waals surface area (Å²) in [6, 6.07) is 0. The Morgan fingerprint density at radius 1 is 1.43 bits per heavy atom. The fourth-order valence-corrected chi connectivity index (χ4v) is 1.26. The molecule has 0 bridgehead atoms. The van der Waals surface area contributed by atoms with Crippen molar-refractivity contribution < 1.29 is 4.74 Å². The lowest BCUT2D eigenvalue weighted by atomic mass is 10.4. The molecule has 0 spiro atoms. The molecule has 0 aromatic rings. The van der Waals surface area contributed by atoms with Crippen molar-refractivity contribution in [3.05, 3.63) is 0 Å². The van der Waals surface area contributed by atoms with Gasteiger partial charge in [0.2, 0.25) is 0 Å². The summed E-state index contributed by atoms with van der Waals surface area (Å²) in [4.78, 5) is 2.28. The van der Waals surface area contributed by atoms with E-state index in [1.54, 1.807) is 0 Å². The third-order valence-corrected chi connectivity index (χ3v) is 2.37. The van der Waals surface area contributed by atoms with Gasteiger partial charge in [-0.2, -0.15) is 0 Å². The molecule has 0 heterocycles. The van der Waals surface area contributed by atoms with Crippen LogP contribution in [0.2, 0.25) is 0 Å². The van der Waals surface area contributed by atoms with Crippen LogP contribution in [-0.4, -0.2) is 38.3 Å². The Bertz CT molecular complexity index is 177. The predicted molar refractivity (Wildman–Crippen MR) is 67.6 cm³/mol. The fourth-order valence-electron chi connectivity index (χ4n) is 0.903. The molecule has 0 saturated heterocycles. The zero-order valence-electron chi connectivity index (χ0n) is 8.95. The lowest BCUT2D eigenvalue weighted by Gasteiger charge is -2.12. The van der Waals surface area contributed by atoms with Gasteiger partial charge in [-0.05, 0) is 36.1 Å². The summed E-state index contributed by atoms with van der Waals surface area (Å²) >= 11 is 3.91. The monoisotopic (exact) mass is 233 g/mol. The van der Waals surface area contributed by atoms with Crippen LogP contribution in [0.1, 0.15) is 19.8 Å². The van der Waals surface area contributed by atoms with Crippen LogP contribution in [0.25, 0.3) is 0 Å². The van der Waals surface area contributed by atoms with Crippen molar-refractivity contribution in [1.29, 1.82) is 0 Å². The van der Waals surface area contributed by atoms with E-state index >= 15 is 0 Å². The van der Waals surface area contributed by atoms with Gasteiger partial charge in [0.1, 0.15) is 0 Å². The SMILES string of the molecule is CCN(C)CCCOCCC#CSS.